The SMILES string of the molecule is ClCC(Cl)C(Cl)C(Cl)C1[CH]CC(C(Cl)C(Cl)C(Cl)CCl)[CH]C1. The molecule has 8 atom stereocenters. The summed E-state index contributed by atoms with van der Waals surface area (Å²) in [5, 5.41) is -2.03. The van der Waals surface area contributed by atoms with Crippen LogP contribution in [0.3, 0.4) is 0 Å². The van der Waals surface area contributed by atoms with Crippen molar-refractivity contribution in [2.45, 2.75) is 45.1 Å². The van der Waals surface area contributed by atoms with Gasteiger partial charge in [-0.05, 0) is 37.5 Å². The van der Waals surface area contributed by atoms with E-state index in [9.17, 15) is 0 Å². The average Bonchev–Trinajstić information content (AvgIpc) is 2.57. The number of hydrogen-bond acceptors (Lipinski definition) is 0. The fourth-order valence-electron chi connectivity index (χ4n) is 2.42. The maximum Gasteiger partial charge on any atom is 0.0677 e. The minimum atomic E-state index is -0.386. The molecule has 0 aromatic rings. The molecule has 2 radical (unpaired) electrons. The van der Waals surface area contributed by atoms with Gasteiger partial charge in [0, 0.05) is 11.8 Å². The van der Waals surface area contributed by atoms with Crippen molar-refractivity contribution < 1.29 is 0 Å². The van der Waals surface area contributed by atoms with Gasteiger partial charge in [0.15, 0.2) is 0 Å². The van der Waals surface area contributed by atoms with E-state index < -0.39 is 0 Å². The third kappa shape index (κ3) is 6.24. The van der Waals surface area contributed by atoms with E-state index in [0.29, 0.717) is 0 Å². The van der Waals surface area contributed by atoms with Crippen LogP contribution in [0.15, 0.2) is 0 Å². The molecule has 0 heterocycles. The largest absolute Gasteiger partial charge is 0.125 e. The van der Waals surface area contributed by atoms with Crippen molar-refractivity contribution in [2.24, 2.45) is 11.8 Å². The number of alkyl halides is 8. The standard InChI is InChI=1S/C14H18Cl8/c15-5-9(17)13(21)11(19)7-1-2-8(4-3-7)12(20)14(22)10(18)6-16/h1,4,7-14H,2-3,5-6H2. The van der Waals surface area contributed by atoms with Crippen molar-refractivity contribution in [1.29, 1.82) is 0 Å². The summed E-state index contributed by atoms with van der Waals surface area (Å²) in [5.74, 6) is 0.820. The van der Waals surface area contributed by atoms with Gasteiger partial charge in [0.2, 0.25) is 0 Å². The quantitative estimate of drug-likeness (QED) is 0.354. The highest BCUT2D eigenvalue weighted by molar-refractivity contribution is 6.38. The molecular formula is C14H18Cl8. The molecule has 0 spiro atoms. The lowest BCUT2D eigenvalue weighted by Crippen LogP contribution is -2.39. The Morgan fingerprint density at radius 1 is 0.682 bits per heavy atom. The summed E-state index contributed by atoms with van der Waals surface area (Å²) in [6.07, 6.45) is 5.82. The molecule has 1 rings (SSSR count). The van der Waals surface area contributed by atoms with Crippen LogP contribution in [0.1, 0.15) is 12.8 Å². The molecule has 0 nitrogen and oxygen atoms in total. The molecule has 130 valence electrons. The highest BCUT2D eigenvalue weighted by Crippen LogP contribution is 2.40. The molecule has 0 aromatic carbocycles. The zero-order chi connectivity index (χ0) is 16.9. The summed E-state index contributed by atoms with van der Waals surface area (Å²) < 4.78 is 0. The van der Waals surface area contributed by atoms with Gasteiger partial charge in [-0.3, -0.25) is 0 Å². The van der Waals surface area contributed by atoms with E-state index in [1.54, 1.807) is 0 Å². The Hall–Kier alpha value is 2.32. The highest BCUT2D eigenvalue weighted by atomic mass is 35.5. The molecule has 0 amide bonds. The molecule has 22 heavy (non-hydrogen) atoms. The normalized spacial score (nSPS) is 31.1. The Labute approximate surface area is 173 Å². The van der Waals surface area contributed by atoms with Gasteiger partial charge in [0.1, 0.15) is 0 Å². The molecule has 1 aliphatic rings. The summed E-state index contributed by atoms with van der Waals surface area (Å²) in [7, 11) is 0. The van der Waals surface area contributed by atoms with E-state index in [1.165, 1.54) is 0 Å². The van der Waals surface area contributed by atoms with E-state index in [0.717, 1.165) is 12.8 Å². The first-order valence-corrected chi connectivity index (χ1v) is 10.6. The first kappa shape index (κ1) is 22.4. The molecule has 1 saturated carbocycles. The van der Waals surface area contributed by atoms with Gasteiger partial charge in [-0.2, -0.15) is 0 Å². The number of rotatable bonds is 8. The summed E-state index contributed by atoms with van der Waals surface area (Å²) in [5.41, 5.74) is 0. The second-order valence-electron chi connectivity index (χ2n) is 5.39. The zero-order valence-electron chi connectivity index (χ0n) is 11.6. The van der Waals surface area contributed by atoms with Crippen LogP contribution in [0, 0.1) is 24.7 Å². The third-order valence-corrected chi connectivity index (χ3v) is 8.52. The van der Waals surface area contributed by atoms with Crippen LogP contribution in [0.4, 0.5) is 0 Å². The monoisotopic (exact) mass is 466 g/mol. The molecule has 0 aromatic heterocycles. The average molecular weight is 470 g/mol. The fourth-order valence-corrected chi connectivity index (χ4v) is 4.76. The first-order valence-electron chi connectivity index (χ1n) is 6.96. The van der Waals surface area contributed by atoms with Crippen molar-refractivity contribution in [1.82, 2.24) is 0 Å². The van der Waals surface area contributed by atoms with E-state index in [-0.39, 0.29) is 55.9 Å². The lowest BCUT2D eigenvalue weighted by molar-refractivity contribution is 0.391. The van der Waals surface area contributed by atoms with Gasteiger partial charge >= 0.3 is 0 Å². The van der Waals surface area contributed by atoms with Crippen LogP contribution >= 0.6 is 92.8 Å². The predicted molar refractivity (Wildman–Crippen MR) is 104 cm³/mol. The Balaban J connectivity index is 2.49. The molecule has 1 fully saturated rings. The molecule has 0 aliphatic heterocycles. The summed E-state index contributed by atoms with van der Waals surface area (Å²) in [6, 6.07) is 0. The molecule has 8 heteroatoms. The van der Waals surface area contributed by atoms with Gasteiger partial charge in [-0.1, -0.05) is 0 Å². The van der Waals surface area contributed by atoms with Crippen LogP contribution in [-0.2, 0) is 0 Å². The van der Waals surface area contributed by atoms with Crippen molar-refractivity contribution in [2.75, 3.05) is 11.8 Å². The highest BCUT2D eigenvalue weighted by Gasteiger charge is 2.38. The Morgan fingerprint density at radius 2 is 1.00 bits per heavy atom. The van der Waals surface area contributed by atoms with Crippen molar-refractivity contribution in [3.8, 4) is 0 Å². The number of halogens is 8. The van der Waals surface area contributed by atoms with E-state index in [4.69, 9.17) is 92.8 Å². The Bertz CT molecular complexity index is 277. The first-order chi connectivity index (χ1) is 10.3. The second-order valence-corrected chi connectivity index (χ2v) is 9.14. The summed E-state index contributed by atoms with van der Waals surface area (Å²) in [4.78, 5) is 0. The number of hydrogen-bond donors (Lipinski definition) is 0. The van der Waals surface area contributed by atoms with Gasteiger partial charge in [-0.15, -0.1) is 92.8 Å². The minimum Gasteiger partial charge on any atom is -0.125 e. The van der Waals surface area contributed by atoms with Crippen LogP contribution in [0.5, 0.6) is 0 Å². The van der Waals surface area contributed by atoms with Crippen molar-refractivity contribution in [3.63, 3.8) is 0 Å². The molecular weight excluding hydrogens is 452 g/mol. The van der Waals surface area contributed by atoms with Gasteiger partial charge < -0.3 is 0 Å². The lowest BCUT2D eigenvalue weighted by atomic mass is 9.77. The topological polar surface area (TPSA) is 0 Å². The van der Waals surface area contributed by atoms with E-state index >= 15 is 0 Å². The fraction of sp³-hybridized carbons (Fsp3) is 0.857. The summed E-state index contributed by atoms with van der Waals surface area (Å²) >= 11 is 48.9. The van der Waals surface area contributed by atoms with Gasteiger partial charge in [0.05, 0.1) is 32.3 Å². The lowest BCUT2D eigenvalue weighted by Gasteiger charge is -2.36. The maximum atomic E-state index is 6.42. The molecule has 0 N–H and O–H groups in total. The van der Waals surface area contributed by atoms with Crippen LogP contribution < -0.4 is 0 Å². The summed E-state index contributed by atoms with van der Waals surface area (Å²) in [6.45, 7) is 0. The molecule has 0 saturated heterocycles. The smallest absolute Gasteiger partial charge is 0.0677 e. The maximum absolute atomic E-state index is 6.42. The third-order valence-electron chi connectivity index (χ3n) is 3.83. The van der Waals surface area contributed by atoms with Crippen LogP contribution in [0.25, 0.3) is 0 Å². The minimum absolute atomic E-state index is 0.141. The predicted octanol–water partition coefficient (Wildman–Crippen LogP) is 6.54. The van der Waals surface area contributed by atoms with Crippen LogP contribution in [-0.4, -0.2) is 44.0 Å². The zero-order valence-corrected chi connectivity index (χ0v) is 17.7. The van der Waals surface area contributed by atoms with Gasteiger partial charge in [-0.25, -0.2) is 0 Å². The van der Waals surface area contributed by atoms with Crippen molar-refractivity contribution >= 4 is 92.8 Å². The molecule has 0 bridgehead atoms. The molecule has 1 aliphatic carbocycles. The molecule has 8 unspecified atom stereocenters. The van der Waals surface area contributed by atoms with Crippen LogP contribution in [0.2, 0.25) is 0 Å². The van der Waals surface area contributed by atoms with Crippen molar-refractivity contribution in [3.05, 3.63) is 12.8 Å². The Kier molecular flexibility index (Phi) is 11.3. The second kappa shape index (κ2) is 11.1. The Morgan fingerprint density at radius 3 is 1.23 bits per heavy atom. The van der Waals surface area contributed by atoms with Gasteiger partial charge in [0.25, 0.3) is 0 Å². The van der Waals surface area contributed by atoms with E-state index in [1.807, 2.05) is 0 Å². The van der Waals surface area contributed by atoms with E-state index in [2.05, 4.69) is 12.8 Å².